The molecule has 2 atom stereocenters. The van der Waals surface area contributed by atoms with Crippen molar-refractivity contribution < 1.29 is 18.7 Å². The first-order valence-corrected chi connectivity index (χ1v) is 14.0. The van der Waals surface area contributed by atoms with Crippen molar-refractivity contribution in [3.63, 3.8) is 0 Å². The number of amides is 1. The third-order valence-corrected chi connectivity index (χ3v) is 10.4. The molecule has 0 N–H and O–H groups in total. The summed E-state index contributed by atoms with van der Waals surface area (Å²) in [6.45, 7) is 18.6. The highest BCUT2D eigenvalue weighted by Gasteiger charge is 2.42. The van der Waals surface area contributed by atoms with E-state index in [4.69, 9.17) is 13.9 Å². The van der Waals surface area contributed by atoms with Gasteiger partial charge in [-0.25, -0.2) is 4.79 Å². The molecule has 6 heteroatoms. The molecule has 1 aromatic rings. The summed E-state index contributed by atoms with van der Waals surface area (Å²) in [4.78, 5) is 14.6. The van der Waals surface area contributed by atoms with Gasteiger partial charge in [0.15, 0.2) is 8.32 Å². The average molecular weight is 436 g/mol. The Bertz CT molecular complexity index is 679. The Morgan fingerprint density at radius 1 is 1.07 bits per heavy atom. The van der Waals surface area contributed by atoms with Crippen LogP contribution in [0.5, 0.6) is 0 Å². The molecule has 0 aliphatic carbocycles. The monoisotopic (exact) mass is 435 g/mol. The van der Waals surface area contributed by atoms with Crippen molar-refractivity contribution in [1.29, 1.82) is 0 Å². The smallest absolute Gasteiger partial charge is 0.410 e. The van der Waals surface area contributed by atoms with Gasteiger partial charge in [-0.15, -0.1) is 0 Å². The summed E-state index contributed by atoms with van der Waals surface area (Å²) in [6.07, 6.45) is 1.26. The van der Waals surface area contributed by atoms with E-state index >= 15 is 0 Å². The summed E-state index contributed by atoms with van der Waals surface area (Å²) in [6, 6.07) is 10.2. The van der Waals surface area contributed by atoms with E-state index in [1.807, 2.05) is 39.0 Å². The zero-order valence-electron chi connectivity index (χ0n) is 20.2. The van der Waals surface area contributed by atoms with Crippen molar-refractivity contribution in [3.05, 3.63) is 35.9 Å². The number of benzene rings is 1. The second-order valence-corrected chi connectivity index (χ2v) is 15.6. The molecule has 2 rings (SSSR count). The molecule has 1 aliphatic rings. The Kier molecular flexibility index (Phi) is 8.16. The van der Waals surface area contributed by atoms with Crippen LogP contribution in [0.4, 0.5) is 4.79 Å². The zero-order valence-corrected chi connectivity index (χ0v) is 21.2. The van der Waals surface area contributed by atoms with Gasteiger partial charge in [0.1, 0.15) is 5.60 Å². The maximum Gasteiger partial charge on any atom is 0.410 e. The number of carbonyl (C=O) groups is 1. The van der Waals surface area contributed by atoms with Crippen molar-refractivity contribution in [2.24, 2.45) is 0 Å². The van der Waals surface area contributed by atoms with Crippen LogP contribution < -0.4 is 0 Å². The van der Waals surface area contributed by atoms with Crippen LogP contribution in [0.15, 0.2) is 30.3 Å². The number of hydrogen-bond donors (Lipinski definition) is 0. The van der Waals surface area contributed by atoms with E-state index in [0.717, 1.165) is 18.4 Å². The second-order valence-electron chi connectivity index (χ2n) is 10.8. The minimum atomic E-state index is -2.03. The first-order valence-electron chi connectivity index (χ1n) is 11.1. The molecule has 1 aromatic carbocycles. The van der Waals surface area contributed by atoms with E-state index in [1.54, 1.807) is 4.90 Å². The highest BCUT2D eigenvalue weighted by Crippen LogP contribution is 2.38. The van der Waals surface area contributed by atoms with Gasteiger partial charge in [0.25, 0.3) is 0 Å². The predicted molar refractivity (Wildman–Crippen MR) is 124 cm³/mol. The van der Waals surface area contributed by atoms with Crippen molar-refractivity contribution in [2.45, 2.75) is 96.9 Å². The summed E-state index contributed by atoms with van der Waals surface area (Å²) >= 11 is 0. The quantitative estimate of drug-likeness (QED) is 0.533. The number of rotatable bonds is 5. The third-order valence-electron chi connectivity index (χ3n) is 5.94. The van der Waals surface area contributed by atoms with Gasteiger partial charge in [-0.2, -0.15) is 0 Å². The lowest BCUT2D eigenvalue weighted by molar-refractivity contribution is -0.0467. The van der Waals surface area contributed by atoms with Crippen LogP contribution >= 0.6 is 0 Å². The first kappa shape index (κ1) is 24.9. The van der Waals surface area contributed by atoms with Crippen molar-refractivity contribution in [1.82, 2.24) is 4.90 Å². The molecular formula is C24H41NO4Si. The lowest BCUT2D eigenvalue weighted by atomic mass is 10.1. The average Bonchev–Trinajstić information content (AvgIpc) is 2.80. The molecule has 1 amide bonds. The van der Waals surface area contributed by atoms with Gasteiger partial charge in [-0.05, 0) is 57.3 Å². The van der Waals surface area contributed by atoms with Crippen LogP contribution in [0.2, 0.25) is 18.1 Å². The van der Waals surface area contributed by atoms with E-state index in [2.05, 4.69) is 46.0 Å². The van der Waals surface area contributed by atoms with Crippen molar-refractivity contribution in [3.8, 4) is 0 Å². The molecule has 0 bridgehead atoms. The normalized spacial score (nSPS) is 21.3. The summed E-state index contributed by atoms with van der Waals surface area (Å²) < 4.78 is 18.8. The number of ether oxygens (including phenoxy) is 2. The number of hydrogen-bond acceptors (Lipinski definition) is 4. The summed E-state index contributed by atoms with van der Waals surface area (Å²) in [7, 11) is -2.03. The van der Waals surface area contributed by atoms with Crippen molar-refractivity contribution >= 4 is 14.4 Å². The minimum absolute atomic E-state index is 0.0493. The molecule has 1 heterocycles. The molecule has 0 radical (unpaired) electrons. The second kappa shape index (κ2) is 9.84. The fraction of sp³-hybridized carbons (Fsp3) is 0.708. The van der Waals surface area contributed by atoms with Gasteiger partial charge in [0.2, 0.25) is 0 Å². The topological polar surface area (TPSA) is 48.0 Å². The SMILES string of the molecule is CC(C)(C)OC(=O)N1CCC[C@@H](OCc2ccccc2)[C@@H](O[Si](C)(C)C(C)(C)C)C1. The first-order chi connectivity index (χ1) is 13.8. The Labute approximate surface area is 184 Å². The standard InChI is InChI=1S/C24H41NO4Si/c1-23(2,3)28-22(26)25-16-12-15-20(27-18-19-13-10-9-11-14-19)21(17-25)29-30(7,8)24(4,5)6/h9-11,13-14,20-21H,12,15-18H2,1-8H3/t20-,21+/m1/s1. The number of nitrogens with zero attached hydrogens (tertiary/aromatic N) is 1. The number of likely N-dealkylation sites (tertiary alicyclic amines) is 1. The maximum atomic E-state index is 12.8. The fourth-order valence-electron chi connectivity index (χ4n) is 3.22. The van der Waals surface area contributed by atoms with E-state index in [0.29, 0.717) is 19.7 Å². The Morgan fingerprint density at radius 2 is 1.70 bits per heavy atom. The molecule has 5 nitrogen and oxygen atoms in total. The van der Waals surface area contributed by atoms with Crippen LogP contribution in [0, 0.1) is 0 Å². The molecule has 0 saturated carbocycles. The fourth-order valence-corrected chi connectivity index (χ4v) is 4.56. The largest absolute Gasteiger partial charge is 0.444 e. The van der Waals surface area contributed by atoms with Crippen LogP contribution in [0.3, 0.4) is 0 Å². The van der Waals surface area contributed by atoms with E-state index < -0.39 is 13.9 Å². The van der Waals surface area contributed by atoms with Gasteiger partial charge in [0.05, 0.1) is 25.4 Å². The summed E-state index contributed by atoms with van der Waals surface area (Å²) in [5, 5.41) is 0.0834. The molecule has 30 heavy (non-hydrogen) atoms. The summed E-state index contributed by atoms with van der Waals surface area (Å²) in [5.74, 6) is 0. The Balaban J connectivity index is 2.18. The molecule has 1 aliphatic heterocycles. The molecular weight excluding hydrogens is 394 g/mol. The summed E-state index contributed by atoms with van der Waals surface area (Å²) in [5.41, 5.74) is 0.638. The van der Waals surface area contributed by atoms with E-state index in [9.17, 15) is 4.79 Å². The van der Waals surface area contributed by atoms with E-state index in [-0.39, 0.29) is 23.3 Å². The molecule has 170 valence electrons. The van der Waals surface area contributed by atoms with Gasteiger partial charge in [-0.3, -0.25) is 0 Å². The molecule has 1 saturated heterocycles. The lowest BCUT2D eigenvalue weighted by Gasteiger charge is -2.41. The van der Waals surface area contributed by atoms with Gasteiger partial charge < -0.3 is 18.8 Å². The highest BCUT2D eigenvalue weighted by atomic mass is 28.4. The van der Waals surface area contributed by atoms with Gasteiger partial charge in [0, 0.05) is 6.54 Å². The predicted octanol–water partition coefficient (Wildman–Crippen LogP) is 5.99. The Morgan fingerprint density at radius 3 is 2.27 bits per heavy atom. The number of carbonyl (C=O) groups excluding carboxylic acids is 1. The van der Waals surface area contributed by atoms with Crippen LogP contribution in [-0.4, -0.2) is 50.2 Å². The molecule has 0 spiro atoms. The Hall–Kier alpha value is -1.37. The van der Waals surface area contributed by atoms with E-state index in [1.165, 1.54) is 0 Å². The third kappa shape index (κ3) is 7.40. The molecule has 0 aromatic heterocycles. The van der Waals surface area contributed by atoms with Crippen LogP contribution in [0.25, 0.3) is 0 Å². The highest BCUT2D eigenvalue weighted by molar-refractivity contribution is 6.74. The van der Waals surface area contributed by atoms with Crippen LogP contribution in [0.1, 0.15) is 59.9 Å². The van der Waals surface area contributed by atoms with Gasteiger partial charge in [-0.1, -0.05) is 51.1 Å². The van der Waals surface area contributed by atoms with Gasteiger partial charge >= 0.3 is 6.09 Å². The lowest BCUT2D eigenvalue weighted by Crippen LogP contribution is -2.51. The maximum absolute atomic E-state index is 12.8. The molecule has 1 fully saturated rings. The molecule has 0 unspecified atom stereocenters. The van der Waals surface area contributed by atoms with Crippen LogP contribution in [-0.2, 0) is 20.5 Å². The zero-order chi connectivity index (χ0) is 22.6. The minimum Gasteiger partial charge on any atom is -0.444 e. The van der Waals surface area contributed by atoms with Crippen molar-refractivity contribution in [2.75, 3.05) is 13.1 Å².